The van der Waals surface area contributed by atoms with Crippen molar-refractivity contribution < 1.29 is 28.0 Å². The summed E-state index contributed by atoms with van der Waals surface area (Å²) in [7, 11) is 0. The van der Waals surface area contributed by atoms with Crippen LogP contribution in [-0.4, -0.2) is 35.1 Å². The molecule has 1 unspecified atom stereocenters. The van der Waals surface area contributed by atoms with E-state index >= 15 is 0 Å². The van der Waals surface area contributed by atoms with Crippen molar-refractivity contribution in [3.8, 4) is 0 Å². The molecular formula is C13H17F3N2O3S2. The summed E-state index contributed by atoms with van der Waals surface area (Å²) in [6, 6.07) is 2.67. The SMILES string of the molecule is CSCCC(NC(=O)c1ccc(C(F)(F)F)cc1)C(=O)NO.S. The highest BCUT2D eigenvalue weighted by molar-refractivity contribution is 7.98. The minimum absolute atomic E-state index is 0. The molecule has 1 aromatic carbocycles. The van der Waals surface area contributed by atoms with Crippen LogP contribution in [0, 0.1) is 0 Å². The highest BCUT2D eigenvalue weighted by Gasteiger charge is 2.30. The van der Waals surface area contributed by atoms with Gasteiger partial charge in [-0.3, -0.25) is 14.8 Å². The number of rotatable bonds is 6. The summed E-state index contributed by atoms with van der Waals surface area (Å²) in [5.74, 6) is -0.913. The Morgan fingerprint density at radius 1 is 1.26 bits per heavy atom. The van der Waals surface area contributed by atoms with Crippen LogP contribution in [0.5, 0.6) is 0 Å². The van der Waals surface area contributed by atoms with E-state index in [-0.39, 0.29) is 25.5 Å². The number of halogens is 3. The van der Waals surface area contributed by atoms with Crippen LogP contribution in [0.4, 0.5) is 13.2 Å². The number of nitrogens with one attached hydrogen (secondary N) is 2. The van der Waals surface area contributed by atoms with E-state index in [9.17, 15) is 22.8 Å². The second kappa shape index (κ2) is 9.68. The lowest BCUT2D eigenvalue weighted by Crippen LogP contribution is -2.46. The number of thioether (sulfide) groups is 1. The van der Waals surface area contributed by atoms with Crippen molar-refractivity contribution in [2.24, 2.45) is 0 Å². The van der Waals surface area contributed by atoms with Gasteiger partial charge in [0.15, 0.2) is 0 Å². The fourth-order valence-electron chi connectivity index (χ4n) is 1.63. The predicted octanol–water partition coefficient (Wildman–Crippen LogP) is 2.18. The van der Waals surface area contributed by atoms with E-state index in [1.165, 1.54) is 17.2 Å². The first-order chi connectivity index (χ1) is 10.3. The second-order valence-electron chi connectivity index (χ2n) is 4.36. The Morgan fingerprint density at radius 3 is 2.26 bits per heavy atom. The average molecular weight is 370 g/mol. The molecule has 0 spiro atoms. The number of alkyl halides is 3. The quantitative estimate of drug-likeness (QED) is 0.530. The molecule has 10 heteroatoms. The van der Waals surface area contributed by atoms with Gasteiger partial charge in [0.1, 0.15) is 6.04 Å². The molecule has 0 fully saturated rings. The predicted molar refractivity (Wildman–Crippen MR) is 86.0 cm³/mol. The lowest BCUT2D eigenvalue weighted by atomic mass is 10.1. The molecule has 1 rings (SSSR count). The molecule has 130 valence electrons. The Morgan fingerprint density at radius 2 is 1.83 bits per heavy atom. The summed E-state index contributed by atoms with van der Waals surface area (Å²) in [6.45, 7) is 0. The first-order valence-electron chi connectivity index (χ1n) is 6.20. The van der Waals surface area contributed by atoms with Crippen molar-refractivity contribution in [2.45, 2.75) is 18.6 Å². The maximum Gasteiger partial charge on any atom is 0.416 e. The summed E-state index contributed by atoms with van der Waals surface area (Å²) < 4.78 is 37.3. The minimum atomic E-state index is -4.48. The molecule has 0 aromatic heterocycles. The van der Waals surface area contributed by atoms with Gasteiger partial charge in [0.05, 0.1) is 5.56 Å². The van der Waals surface area contributed by atoms with Crippen LogP contribution < -0.4 is 10.8 Å². The smallest absolute Gasteiger partial charge is 0.340 e. The minimum Gasteiger partial charge on any atom is -0.340 e. The molecule has 0 aliphatic rings. The molecule has 0 aliphatic heterocycles. The Hall–Kier alpha value is -1.39. The summed E-state index contributed by atoms with van der Waals surface area (Å²) in [5.41, 5.74) is 0.577. The third kappa shape index (κ3) is 6.71. The first-order valence-corrected chi connectivity index (χ1v) is 7.60. The zero-order valence-electron chi connectivity index (χ0n) is 12.1. The average Bonchev–Trinajstić information content (AvgIpc) is 2.49. The standard InChI is InChI=1S/C13H15F3N2O3S.H2S/c1-22-7-6-10(12(20)18-21)17-11(19)8-2-4-9(5-3-8)13(14,15)16;/h2-5,10,21H,6-7H2,1H3,(H,17,19)(H,18,20);1H2. The van der Waals surface area contributed by atoms with E-state index in [0.717, 1.165) is 24.3 Å². The molecule has 0 bridgehead atoms. The molecule has 1 aromatic rings. The zero-order chi connectivity index (χ0) is 16.8. The number of carbonyl (C=O) groups excluding carboxylic acids is 2. The largest absolute Gasteiger partial charge is 0.416 e. The van der Waals surface area contributed by atoms with Gasteiger partial charge in [0, 0.05) is 5.56 Å². The second-order valence-corrected chi connectivity index (χ2v) is 5.34. The third-order valence-corrected chi connectivity index (χ3v) is 3.46. The summed E-state index contributed by atoms with van der Waals surface area (Å²) in [4.78, 5) is 23.4. The lowest BCUT2D eigenvalue weighted by molar-refractivity contribution is -0.137. The fraction of sp³-hybridized carbons (Fsp3) is 0.385. The van der Waals surface area contributed by atoms with Crippen LogP contribution in [0.2, 0.25) is 0 Å². The van der Waals surface area contributed by atoms with E-state index < -0.39 is 29.6 Å². The van der Waals surface area contributed by atoms with Gasteiger partial charge in [-0.15, -0.1) is 0 Å². The lowest BCUT2D eigenvalue weighted by Gasteiger charge is -2.16. The van der Waals surface area contributed by atoms with Gasteiger partial charge in [-0.1, -0.05) is 0 Å². The van der Waals surface area contributed by atoms with Gasteiger partial charge >= 0.3 is 6.18 Å². The molecule has 0 saturated heterocycles. The highest BCUT2D eigenvalue weighted by Crippen LogP contribution is 2.29. The van der Waals surface area contributed by atoms with Crippen LogP contribution in [0.1, 0.15) is 22.3 Å². The van der Waals surface area contributed by atoms with Gasteiger partial charge in [-0.25, -0.2) is 5.48 Å². The number of amides is 2. The van der Waals surface area contributed by atoms with Crippen molar-refractivity contribution in [1.29, 1.82) is 0 Å². The maximum atomic E-state index is 12.4. The van der Waals surface area contributed by atoms with E-state index in [2.05, 4.69) is 5.32 Å². The molecule has 2 amide bonds. The molecule has 3 N–H and O–H groups in total. The van der Waals surface area contributed by atoms with Crippen LogP contribution in [0.25, 0.3) is 0 Å². The van der Waals surface area contributed by atoms with E-state index in [0.29, 0.717) is 5.75 Å². The molecule has 1 atom stereocenters. The van der Waals surface area contributed by atoms with Crippen molar-refractivity contribution >= 4 is 37.1 Å². The number of hydrogen-bond donors (Lipinski definition) is 3. The Labute approximate surface area is 142 Å². The molecule has 0 saturated carbocycles. The number of benzene rings is 1. The summed E-state index contributed by atoms with van der Waals surface area (Å²) in [5, 5.41) is 11.0. The number of carbonyl (C=O) groups is 2. The van der Waals surface area contributed by atoms with Crippen molar-refractivity contribution in [1.82, 2.24) is 10.8 Å². The van der Waals surface area contributed by atoms with Gasteiger partial charge < -0.3 is 5.32 Å². The zero-order valence-corrected chi connectivity index (χ0v) is 13.9. The van der Waals surface area contributed by atoms with E-state index in [1.807, 2.05) is 6.26 Å². The summed E-state index contributed by atoms with van der Waals surface area (Å²) >= 11 is 1.45. The van der Waals surface area contributed by atoms with E-state index in [1.54, 1.807) is 0 Å². The topological polar surface area (TPSA) is 78.4 Å². The maximum absolute atomic E-state index is 12.4. The molecule has 23 heavy (non-hydrogen) atoms. The number of hydroxylamine groups is 1. The van der Waals surface area contributed by atoms with Crippen molar-refractivity contribution in [3.63, 3.8) is 0 Å². The Kier molecular flexibility index (Phi) is 9.10. The van der Waals surface area contributed by atoms with Gasteiger partial charge in [-0.05, 0) is 42.7 Å². The van der Waals surface area contributed by atoms with Crippen molar-refractivity contribution in [2.75, 3.05) is 12.0 Å². The Bertz CT molecular complexity index is 524. The van der Waals surface area contributed by atoms with Gasteiger partial charge in [0.25, 0.3) is 11.8 Å². The van der Waals surface area contributed by atoms with Crippen LogP contribution in [-0.2, 0) is 11.0 Å². The van der Waals surface area contributed by atoms with Crippen LogP contribution in [0.15, 0.2) is 24.3 Å². The van der Waals surface area contributed by atoms with E-state index in [4.69, 9.17) is 5.21 Å². The highest BCUT2D eigenvalue weighted by atomic mass is 32.2. The molecular weight excluding hydrogens is 353 g/mol. The molecule has 0 heterocycles. The van der Waals surface area contributed by atoms with Gasteiger partial charge in [0.2, 0.25) is 0 Å². The normalized spacial score (nSPS) is 12.0. The van der Waals surface area contributed by atoms with Crippen LogP contribution >= 0.6 is 25.3 Å². The molecule has 5 nitrogen and oxygen atoms in total. The van der Waals surface area contributed by atoms with Crippen LogP contribution in [0.3, 0.4) is 0 Å². The fourth-order valence-corrected chi connectivity index (χ4v) is 2.11. The molecule has 0 radical (unpaired) electrons. The van der Waals surface area contributed by atoms with Gasteiger partial charge in [-0.2, -0.15) is 38.4 Å². The van der Waals surface area contributed by atoms with Crippen molar-refractivity contribution in [3.05, 3.63) is 35.4 Å². The molecule has 0 aliphatic carbocycles. The first kappa shape index (κ1) is 21.6. The monoisotopic (exact) mass is 370 g/mol. The summed E-state index contributed by atoms with van der Waals surface area (Å²) in [6.07, 6.45) is -2.39. The third-order valence-electron chi connectivity index (χ3n) is 2.82. The number of hydrogen-bond acceptors (Lipinski definition) is 4. The Balaban J connectivity index is 0.00000484.